The van der Waals surface area contributed by atoms with Gasteiger partial charge in [-0.05, 0) is 37.4 Å². The molecule has 3 rings (SSSR count). The average Bonchev–Trinajstić information content (AvgIpc) is 2.81. The number of amides is 2. The third-order valence-corrected chi connectivity index (χ3v) is 5.64. The van der Waals surface area contributed by atoms with Crippen molar-refractivity contribution in [1.82, 2.24) is 15.5 Å². The van der Waals surface area contributed by atoms with E-state index in [0.29, 0.717) is 57.5 Å². The molecule has 166 valence electrons. The van der Waals surface area contributed by atoms with Crippen LogP contribution in [0.15, 0.2) is 48.5 Å². The number of nitrogens with one attached hydrogen (secondary N) is 2. The molecule has 1 unspecified atom stereocenters. The second-order valence-corrected chi connectivity index (χ2v) is 7.95. The third kappa shape index (κ3) is 7.07. The molecule has 0 spiro atoms. The van der Waals surface area contributed by atoms with Gasteiger partial charge in [-0.15, -0.1) is 0 Å². The van der Waals surface area contributed by atoms with Gasteiger partial charge < -0.3 is 15.7 Å². The first kappa shape index (κ1) is 22.7. The van der Waals surface area contributed by atoms with Crippen LogP contribution in [0.25, 0.3) is 0 Å². The van der Waals surface area contributed by atoms with Crippen molar-refractivity contribution in [2.75, 3.05) is 19.6 Å². The Hall–Kier alpha value is -2.93. The smallest absolute Gasteiger partial charge is 0.223 e. The lowest BCUT2D eigenvalue weighted by Crippen LogP contribution is -2.33. The van der Waals surface area contributed by atoms with Crippen LogP contribution in [-0.2, 0) is 22.7 Å². The zero-order chi connectivity index (χ0) is 22.1. The summed E-state index contributed by atoms with van der Waals surface area (Å²) in [6.07, 6.45) is 2.38. The molecule has 3 N–H and O–H groups in total. The Morgan fingerprint density at radius 1 is 1.13 bits per heavy atom. The van der Waals surface area contributed by atoms with E-state index in [2.05, 4.69) is 10.6 Å². The van der Waals surface area contributed by atoms with Gasteiger partial charge in [-0.25, -0.2) is 4.39 Å². The van der Waals surface area contributed by atoms with Crippen molar-refractivity contribution < 1.29 is 19.1 Å². The van der Waals surface area contributed by atoms with E-state index in [1.165, 1.54) is 6.07 Å². The molecule has 1 fully saturated rings. The van der Waals surface area contributed by atoms with Gasteiger partial charge in [0.2, 0.25) is 11.8 Å². The molecule has 2 aromatic rings. The number of carbonyl (C=O) groups excluding carboxylic acids is 2. The quantitative estimate of drug-likeness (QED) is 0.685. The van der Waals surface area contributed by atoms with E-state index in [4.69, 9.17) is 0 Å². The maximum absolute atomic E-state index is 13.7. The molecule has 1 aliphatic heterocycles. The van der Waals surface area contributed by atoms with Crippen LogP contribution in [-0.4, -0.2) is 41.5 Å². The first-order valence-electron chi connectivity index (χ1n) is 10.8. The fraction of sp³-hybridized carbons (Fsp3) is 0.417. The van der Waals surface area contributed by atoms with Crippen molar-refractivity contribution >= 4 is 11.8 Å². The lowest BCUT2D eigenvalue weighted by Gasteiger charge is -2.23. The largest absolute Gasteiger partial charge is 0.505 e. The van der Waals surface area contributed by atoms with Crippen molar-refractivity contribution in [2.45, 2.75) is 38.8 Å². The minimum Gasteiger partial charge on any atom is -0.505 e. The average molecular weight is 428 g/mol. The van der Waals surface area contributed by atoms with Crippen LogP contribution in [0.1, 0.15) is 36.8 Å². The molecule has 1 saturated heterocycles. The summed E-state index contributed by atoms with van der Waals surface area (Å²) in [7, 11) is 0. The maximum Gasteiger partial charge on any atom is 0.223 e. The van der Waals surface area contributed by atoms with Crippen molar-refractivity contribution in [1.29, 1.82) is 0 Å². The monoisotopic (exact) mass is 427 g/mol. The molecule has 0 aromatic heterocycles. The van der Waals surface area contributed by atoms with Gasteiger partial charge in [-0.1, -0.05) is 42.5 Å². The van der Waals surface area contributed by atoms with Crippen molar-refractivity contribution in [3.05, 3.63) is 65.5 Å². The number of phenols is 1. The van der Waals surface area contributed by atoms with Gasteiger partial charge in [0, 0.05) is 44.1 Å². The first-order valence-corrected chi connectivity index (χ1v) is 10.8. The molecule has 2 aromatic carbocycles. The predicted octanol–water partition coefficient (Wildman–Crippen LogP) is 2.96. The number of hydrogen-bond donors (Lipinski definition) is 3. The number of aromatic hydroxyl groups is 1. The van der Waals surface area contributed by atoms with Crippen LogP contribution < -0.4 is 10.6 Å². The van der Waals surface area contributed by atoms with Gasteiger partial charge >= 0.3 is 0 Å². The summed E-state index contributed by atoms with van der Waals surface area (Å²) in [4.78, 5) is 26.9. The molecule has 0 saturated carbocycles. The summed E-state index contributed by atoms with van der Waals surface area (Å²) in [5, 5.41) is 15.9. The molecule has 1 aliphatic rings. The number of halogens is 1. The fourth-order valence-corrected chi connectivity index (χ4v) is 3.83. The Bertz CT molecular complexity index is 876. The Balaban J connectivity index is 1.60. The van der Waals surface area contributed by atoms with Crippen LogP contribution in [0.2, 0.25) is 0 Å². The van der Waals surface area contributed by atoms with Crippen molar-refractivity contribution in [3.63, 3.8) is 0 Å². The van der Waals surface area contributed by atoms with E-state index >= 15 is 0 Å². The summed E-state index contributed by atoms with van der Waals surface area (Å²) in [5.74, 6) is -1.26. The maximum atomic E-state index is 13.7. The van der Waals surface area contributed by atoms with Crippen LogP contribution in [0.5, 0.6) is 5.75 Å². The molecule has 0 bridgehead atoms. The Kier molecular flexibility index (Phi) is 8.41. The summed E-state index contributed by atoms with van der Waals surface area (Å²) in [5.41, 5.74) is 1.54. The van der Waals surface area contributed by atoms with Crippen LogP contribution in [0, 0.1) is 11.7 Å². The SMILES string of the molecule is O=C1CCN(Cc2cccc(F)c2O)CCCC(C(=O)NCc2ccccc2)CCN1. The summed E-state index contributed by atoms with van der Waals surface area (Å²) < 4.78 is 13.7. The molecular formula is C24H30FN3O3. The second kappa shape index (κ2) is 11.5. The number of nitrogens with zero attached hydrogens (tertiary/aromatic N) is 1. The number of para-hydroxylation sites is 1. The molecule has 6 nitrogen and oxygen atoms in total. The minimum atomic E-state index is -0.650. The normalized spacial score (nSPS) is 18.6. The summed E-state index contributed by atoms with van der Waals surface area (Å²) in [6, 6.07) is 14.2. The molecule has 0 radical (unpaired) electrons. The number of carbonyl (C=O) groups is 2. The van der Waals surface area contributed by atoms with Crippen molar-refractivity contribution in [3.8, 4) is 5.75 Å². The number of phenolic OH excluding ortho intramolecular Hbond substituents is 1. The topological polar surface area (TPSA) is 81.7 Å². The highest BCUT2D eigenvalue weighted by atomic mass is 19.1. The van der Waals surface area contributed by atoms with Crippen LogP contribution in [0.4, 0.5) is 4.39 Å². The van der Waals surface area contributed by atoms with Gasteiger partial charge in [0.1, 0.15) is 0 Å². The van der Waals surface area contributed by atoms with E-state index in [-0.39, 0.29) is 23.5 Å². The highest BCUT2D eigenvalue weighted by Gasteiger charge is 2.21. The highest BCUT2D eigenvalue weighted by molar-refractivity contribution is 5.79. The van der Waals surface area contributed by atoms with Crippen LogP contribution >= 0.6 is 0 Å². The zero-order valence-corrected chi connectivity index (χ0v) is 17.6. The molecule has 1 heterocycles. The Morgan fingerprint density at radius 3 is 2.74 bits per heavy atom. The summed E-state index contributed by atoms with van der Waals surface area (Å²) in [6.45, 7) is 2.46. The minimum absolute atomic E-state index is 0.00771. The zero-order valence-electron chi connectivity index (χ0n) is 17.6. The second-order valence-electron chi connectivity index (χ2n) is 7.95. The van der Waals surface area contributed by atoms with Gasteiger partial charge in [-0.2, -0.15) is 0 Å². The molecular weight excluding hydrogens is 397 g/mol. The highest BCUT2D eigenvalue weighted by Crippen LogP contribution is 2.23. The van der Waals surface area contributed by atoms with E-state index in [9.17, 15) is 19.1 Å². The number of hydrogen-bond acceptors (Lipinski definition) is 4. The Labute approximate surface area is 182 Å². The molecule has 1 atom stereocenters. The number of rotatable bonds is 5. The lowest BCUT2D eigenvalue weighted by molar-refractivity contribution is -0.126. The molecule has 2 amide bonds. The fourth-order valence-electron chi connectivity index (χ4n) is 3.83. The standard InChI is InChI=1S/C24H30FN3O3/c25-21-10-4-8-20(23(21)30)17-28-14-5-9-19(11-13-26-22(29)12-15-28)24(31)27-16-18-6-2-1-3-7-18/h1-4,6-8,10,19,30H,5,9,11-17H2,(H,26,29)(H,27,31). The van der Waals surface area contributed by atoms with E-state index in [1.54, 1.807) is 12.1 Å². The third-order valence-electron chi connectivity index (χ3n) is 5.64. The molecule has 7 heteroatoms. The van der Waals surface area contributed by atoms with Gasteiger partial charge in [0.15, 0.2) is 11.6 Å². The Morgan fingerprint density at radius 2 is 1.94 bits per heavy atom. The number of benzene rings is 2. The van der Waals surface area contributed by atoms with Gasteiger partial charge in [-0.3, -0.25) is 14.5 Å². The van der Waals surface area contributed by atoms with Crippen molar-refractivity contribution in [2.24, 2.45) is 5.92 Å². The first-order chi connectivity index (χ1) is 15.0. The lowest BCUT2D eigenvalue weighted by atomic mass is 9.97. The summed E-state index contributed by atoms with van der Waals surface area (Å²) >= 11 is 0. The van der Waals surface area contributed by atoms with Crippen LogP contribution in [0.3, 0.4) is 0 Å². The predicted molar refractivity (Wildman–Crippen MR) is 117 cm³/mol. The van der Waals surface area contributed by atoms with E-state index in [1.807, 2.05) is 35.2 Å². The molecule has 31 heavy (non-hydrogen) atoms. The van der Waals surface area contributed by atoms with E-state index < -0.39 is 5.82 Å². The van der Waals surface area contributed by atoms with E-state index in [0.717, 1.165) is 12.0 Å². The molecule has 0 aliphatic carbocycles. The van der Waals surface area contributed by atoms with Gasteiger partial charge in [0.05, 0.1) is 0 Å². The van der Waals surface area contributed by atoms with Gasteiger partial charge in [0.25, 0.3) is 0 Å².